The molecule has 4 unspecified atom stereocenters. The van der Waals surface area contributed by atoms with Crippen LogP contribution < -0.4 is 5.32 Å². The van der Waals surface area contributed by atoms with Gasteiger partial charge in [0.05, 0.1) is 23.7 Å². The van der Waals surface area contributed by atoms with Crippen LogP contribution in [0.2, 0.25) is 0 Å². The van der Waals surface area contributed by atoms with Crippen molar-refractivity contribution in [2.24, 2.45) is 5.92 Å². The lowest BCUT2D eigenvalue weighted by Crippen LogP contribution is -2.54. The minimum absolute atomic E-state index is 0.0703. The Labute approximate surface area is 109 Å². The molecule has 2 fully saturated rings. The molecule has 2 aliphatic heterocycles. The second-order valence-corrected chi connectivity index (χ2v) is 7.79. The number of sulfone groups is 1. The fourth-order valence-corrected chi connectivity index (χ4v) is 5.04. The Morgan fingerprint density at radius 1 is 1.39 bits per heavy atom. The van der Waals surface area contributed by atoms with E-state index in [2.05, 4.69) is 24.1 Å². The molecular formula is C12H24N2O3S. The van der Waals surface area contributed by atoms with Crippen molar-refractivity contribution >= 4 is 9.84 Å². The van der Waals surface area contributed by atoms with Crippen molar-refractivity contribution in [3.63, 3.8) is 0 Å². The van der Waals surface area contributed by atoms with Crippen LogP contribution in [-0.4, -0.2) is 67.8 Å². The average molecular weight is 276 g/mol. The van der Waals surface area contributed by atoms with E-state index >= 15 is 0 Å². The summed E-state index contributed by atoms with van der Waals surface area (Å²) >= 11 is 0. The third-order valence-electron chi connectivity index (χ3n) is 4.17. The molecule has 0 aromatic rings. The Morgan fingerprint density at radius 3 is 2.61 bits per heavy atom. The lowest BCUT2D eigenvalue weighted by molar-refractivity contribution is 0.0458. The van der Waals surface area contributed by atoms with Crippen molar-refractivity contribution in [2.75, 3.05) is 31.1 Å². The molecule has 0 radical (unpaired) electrons. The predicted octanol–water partition coefficient (Wildman–Crippen LogP) is -0.536. The van der Waals surface area contributed by atoms with Crippen molar-refractivity contribution in [2.45, 2.75) is 38.5 Å². The molecule has 2 N–H and O–H groups in total. The zero-order valence-electron chi connectivity index (χ0n) is 11.2. The molecule has 2 heterocycles. The number of aliphatic hydroxyl groups is 1. The van der Waals surface area contributed by atoms with Gasteiger partial charge < -0.3 is 10.4 Å². The zero-order valence-corrected chi connectivity index (χ0v) is 12.0. The van der Waals surface area contributed by atoms with Gasteiger partial charge in [-0.2, -0.15) is 0 Å². The van der Waals surface area contributed by atoms with Crippen molar-refractivity contribution in [3.8, 4) is 0 Å². The fourth-order valence-electron chi connectivity index (χ4n) is 3.20. The first-order chi connectivity index (χ1) is 8.43. The van der Waals surface area contributed by atoms with E-state index in [0.717, 1.165) is 26.1 Å². The number of nitrogens with zero attached hydrogens (tertiary/aromatic N) is 1. The van der Waals surface area contributed by atoms with E-state index in [4.69, 9.17) is 0 Å². The Kier molecular flexibility index (Phi) is 4.31. The van der Waals surface area contributed by atoms with Gasteiger partial charge in [0.2, 0.25) is 0 Å². The van der Waals surface area contributed by atoms with Crippen LogP contribution >= 0.6 is 0 Å². The highest BCUT2D eigenvalue weighted by molar-refractivity contribution is 7.91. The SMILES string of the molecule is CCNC1CCN(C2CS(=O)(=O)CC2O)CC1C. The number of piperidine rings is 1. The van der Waals surface area contributed by atoms with Crippen LogP contribution in [0.5, 0.6) is 0 Å². The highest BCUT2D eigenvalue weighted by Crippen LogP contribution is 2.24. The molecule has 106 valence electrons. The first-order valence-electron chi connectivity index (χ1n) is 6.79. The van der Waals surface area contributed by atoms with Gasteiger partial charge in [0.25, 0.3) is 0 Å². The van der Waals surface area contributed by atoms with Gasteiger partial charge in [-0.25, -0.2) is 8.42 Å². The van der Waals surface area contributed by atoms with Crippen LogP contribution in [0.4, 0.5) is 0 Å². The van der Waals surface area contributed by atoms with Gasteiger partial charge in [-0.3, -0.25) is 4.90 Å². The maximum absolute atomic E-state index is 11.5. The summed E-state index contributed by atoms with van der Waals surface area (Å²) in [6.45, 7) is 7.01. The number of rotatable bonds is 3. The molecule has 0 aliphatic carbocycles. The topological polar surface area (TPSA) is 69.6 Å². The third-order valence-corrected chi connectivity index (χ3v) is 5.86. The molecule has 0 saturated carbocycles. The van der Waals surface area contributed by atoms with E-state index in [0.29, 0.717) is 12.0 Å². The average Bonchev–Trinajstić information content (AvgIpc) is 2.55. The molecule has 5 nitrogen and oxygen atoms in total. The highest BCUT2D eigenvalue weighted by atomic mass is 32.2. The number of likely N-dealkylation sites (tertiary alicyclic amines) is 1. The number of nitrogens with one attached hydrogen (secondary N) is 1. The first kappa shape index (κ1) is 14.2. The van der Waals surface area contributed by atoms with E-state index in [9.17, 15) is 13.5 Å². The smallest absolute Gasteiger partial charge is 0.154 e. The summed E-state index contributed by atoms with van der Waals surface area (Å²) in [4.78, 5) is 2.16. The lowest BCUT2D eigenvalue weighted by atomic mass is 9.92. The van der Waals surface area contributed by atoms with Gasteiger partial charge in [-0.1, -0.05) is 13.8 Å². The maximum Gasteiger partial charge on any atom is 0.154 e. The highest BCUT2D eigenvalue weighted by Gasteiger charge is 2.41. The maximum atomic E-state index is 11.5. The van der Waals surface area contributed by atoms with Gasteiger partial charge in [0.15, 0.2) is 9.84 Å². The van der Waals surface area contributed by atoms with Crippen molar-refractivity contribution in [1.29, 1.82) is 0 Å². The Bertz CT molecular complexity index is 385. The predicted molar refractivity (Wildman–Crippen MR) is 71.3 cm³/mol. The molecular weight excluding hydrogens is 252 g/mol. The fraction of sp³-hybridized carbons (Fsp3) is 1.00. The molecule has 2 saturated heterocycles. The van der Waals surface area contributed by atoms with Crippen LogP contribution in [0.25, 0.3) is 0 Å². The third kappa shape index (κ3) is 3.04. The van der Waals surface area contributed by atoms with E-state index < -0.39 is 15.9 Å². The quantitative estimate of drug-likeness (QED) is 0.725. The normalized spacial score (nSPS) is 41.1. The van der Waals surface area contributed by atoms with Gasteiger partial charge in [-0.05, 0) is 18.9 Å². The van der Waals surface area contributed by atoms with E-state index in [-0.39, 0.29) is 17.5 Å². The minimum Gasteiger partial charge on any atom is -0.390 e. The van der Waals surface area contributed by atoms with Gasteiger partial charge >= 0.3 is 0 Å². The standard InChI is InChI=1S/C12H24N2O3S/c1-3-13-10-4-5-14(6-9(10)2)11-7-18(16,17)8-12(11)15/h9-13,15H,3-8H2,1-2H3. The summed E-state index contributed by atoms with van der Waals surface area (Å²) in [5.41, 5.74) is 0. The summed E-state index contributed by atoms with van der Waals surface area (Å²) < 4.78 is 23.1. The molecule has 0 bridgehead atoms. The Hall–Kier alpha value is -0.170. The molecule has 6 heteroatoms. The van der Waals surface area contributed by atoms with E-state index in [1.807, 2.05) is 0 Å². The van der Waals surface area contributed by atoms with Crippen LogP contribution in [-0.2, 0) is 9.84 Å². The first-order valence-corrected chi connectivity index (χ1v) is 8.61. The second-order valence-electron chi connectivity index (χ2n) is 5.64. The van der Waals surface area contributed by atoms with Gasteiger partial charge in [0.1, 0.15) is 0 Å². The molecule has 0 aromatic carbocycles. The molecule has 4 atom stereocenters. The zero-order chi connectivity index (χ0) is 13.3. The monoisotopic (exact) mass is 276 g/mol. The van der Waals surface area contributed by atoms with Crippen molar-refractivity contribution < 1.29 is 13.5 Å². The van der Waals surface area contributed by atoms with Gasteiger partial charge in [-0.15, -0.1) is 0 Å². The molecule has 2 aliphatic rings. The molecule has 18 heavy (non-hydrogen) atoms. The largest absolute Gasteiger partial charge is 0.390 e. The minimum atomic E-state index is -3.04. The van der Waals surface area contributed by atoms with Gasteiger partial charge in [0, 0.05) is 19.1 Å². The van der Waals surface area contributed by atoms with Crippen molar-refractivity contribution in [1.82, 2.24) is 10.2 Å². The Morgan fingerprint density at radius 2 is 2.11 bits per heavy atom. The summed E-state index contributed by atoms with van der Waals surface area (Å²) in [7, 11) is -3.04. The molecule has 2 rings (SSSR count). The summed E-state index contributed by atoms with van der Waals surface area (Å²) in [5.74, 6) is 0.542. The van der Waals surface area contributed by atoms with Crippen LogP contribution in [0.15, 0.2) is 0 Å². The van der Waals surface area contributed by atoms with Crippen LogP contribution in [0, 0.1) is 5.92 Å². The van der Waals surface area contributed by atoms with E-state index in [1.54, 1.807) is 0 Å². The number of hydrogen-bond donors (Lipinski definition) is 2. The molecule has 0 spiro atoms. The van der Waals surface area contributed by atoms with Crippen molar-refractivity contribution in [3.05, 3.63) is 0 Å². The molecule has 0 amide bonds. The van der Waals surface area contributed by atoms with Crippen LogP contribution in [0.3, 0.4) is 0 Å². The second kappa shape index (κ2) is 5.45. The number of hydrogen-bond acceptors (Lipinski definition) is 5. The lowest BCUT2D eigenvalue weighted by Gasteiger charge is -2.40. The summed E-state index contributed by atoms with van der Waals surface area (Å²) in [6.07, 6.45) is 0.316. The van der Waals surface area contributed by atoms with E-state index in [1.165, 1.54) is 0 Å². The summed E-state index contributed by atoms with van der Waals surface area (Å²) in [6, 6.07) is 0.321. The van der Waals surface area contributed by atoms with Crippen LogP contribution in [0.1, 0.15) is 20.3 Å². The Balaban J connectivity index is 1.96. The molecule has 0 aromatic heterocycles. The summed E-state index contributed by atoms with van der Waals surface area (Å²) in [5, 5.41) is 13.4. The number of aliphatic hydroxyl groups excluding tert-OH is 1.